The number of nitrogens with zero attached hydrogens (tertiary/aromatic N) is 1. The molecule has 1 aromatic carbocycles. The van der Waals surface area contributed by atoms with Crippen LogP contribution in [0.2, 0.25) is 0 Å². The number of carbonyl (C=O) groups is 2. The first-order chi connectivity index (χ1) is 12.1. The van der Waals surface area contributed by atoms with Gasteiger partial charge in [-0.15, -0.1) is 0 Å². The van der Waals surface area contributed by atoms with E-state index in [1.807, 2.05) is 6.92 Å². The van der Waals surface area contributed by atoms with E-state index < -0.39 is 11.7 Å². The molecule has 0 saturated carbocycles. The van der Waals surface area contributed by atoms with Gasteiger partial charge in [-0.2, -0.15) is 0 Å². The molecule has 0 heterocycles. The Balaban J connectivity index is 2.88. The van der Waals surface area contributed by atoms with Gasteiger partial charge in [0.25, 0.3) is 0 Å². The molecule has 8 nitrogen and oxygen atoms in total. The first-order valence-corrected chi connectivity index (χ1v) is 8.28. The molecule has 0 spiro atoms. The van der Waals surface area contributed by atoms with Crippen molar-refractivity contribution >= 4 is 23.5 Å². The molecule has 1 rings (SSSR count). The molecule has 0 fully saturated rings. The van der Waals surface area contributed by atoms with E-state index in [0.717, 1.165) is 0 Å². The van der Waals surface area contributed by atoms with E-state index in [0.29, 0.717) is 23.7 Å². The number of hydrogen-bond acceptors (Lipinski definition) is 5. The molecule has 0 aliphatic rings. The summed E-state index contributed by atoms with van der Waals surface area (Å²) < 4.78 is 15.5. The smallest absolute Gasteiger partial charge is 0.412 e. The van der Waals surface area contributed by atoms with Gasteiger partial charge in [0, 0.05) is 19.8 Å². The van der Waals surface area contributed by atoms with E-state index >= 15 is 0 Å². The summed E-state index contributed by atoms with van der Waals surface area (Å²) >= 11 is 0. The molecular formula is C18H29N3O5. The molecule has 146 valence electrons. The zero-order valence-electron chi connectivity index (χ0n) is 16.5. The maximum atomic E-state index is 12.3. The predicted molar refractivity (Wildman–Crippen MR) is 101 cm³/mol. The van der Waals surface area contributed by atoms with Crippen molar-refractivity contribution in [1.82, 2.24) is 4.90 Å². The highest BCUT2D eigenvalue weighted by Gasteiger charge is 2.19. The first-order valence-electron chi connectivity index (χ1n) is 8.28. The van der Waals surface area contributed by atoms with Crippen LogP contribution in [-0.2, 0) is 9.47 Å². The van der Waals surface area contributed by atoms with Crippen molar-refractivity contribution in [2.24, 2.45) is 0 Å². The topological polar surface area (TPSA) is 89.1 Å². The van der Waals surface area contributed by atoms with E-state index in [2.05, 4.69) is 10.6 Å². The highest BCUT2D eigenvalue weighted by atomic mass is 16.6. The van der Waals surface area contributed by atoms with Crippen LogP contribution >= 0.6 is 0 Å². The maximum Gasteiger partial charge on any atom is 0.412 e. The molecule has 0 saturated heterocycles. The molecule has 3 amide bonds. The number of methoxy groups -OCH3 is 2. The Morgan fingerprint density at radius 3 is 2.38 bits per heavy atom. The van der Waals surface area contributed by atoms with Gasteiger partial charge in [0.15, 0.2) is 0 Å². The molecule has 26 heavy (non-hydrogen) atoms. The minimum Gasteiger partial charge on any atom is -0.495 e. The lowest BCUT2D eigenvalue weighted by Gasteiger charge is -2.25. The van der Waals surface area contributed by atoms with Gasteiger partial charge in [0.05, 0.1) is 25.4 Å². The Morgan fingerprint density at radius 2 is 1.85 bits per heavy atom. The SMILES string of the molecule is COC[C@@H](C)N(C)C(=O)Nc1ccc(OC)c(NC(=O)OC(C)(C)C)c1. The number of rotatable bonds is 6. The lowest BCUT2D eigenvalue weighted by atomic mass is 10.2. The molecule has 0 radical (unpaired) electrons. The van der Waals surface area contributed by atoms with Gasteiger partial charge in [0.1, 0.15) is 11.4 Å². The van der Waals surface area contributed by atoms with Crippen molar-refractivity contribution in [1.29, 1.82) is 0 Å². The maximum absolute atomic E-state index is 12.3. The molecular weight excluding hydrogens is 338 g/mol. The summed E-state index contributed by atoms with van der Waals surface area (Å²) in [4.78, 5) is 25.9. The number of benzene rings is 1. The highest BCUT2D eigenvalue weighted by molar-refractivity contribution is 5.92. The zero-order valence-corrected chi connectivity index (χ0v) is 16.5. The monoisotopic (exact) mass is 367 g/mol. The second-order valence-corrected chi connectivity index (χ2v) is 6.89. The molecule has 0 aliphatic heterocycles. The van der Waals surface area contributed by atoms with Crippen molar-refractivity contribution in [2.75, 3.05) is 38.5 Å². The minimum atomic E-state index is -0.622. The standard InChI is InChI=1S/C18H29N3O5/c1-12(11-24-6)21(5)16(22)19-13-8-9-15(25-7)14(10-13)20-17(23)26-18(2,3)4/h8-10,12H,11H2,1-7H3,(H,19,22)(H,20,23)/t12-/m1/s1. The summed E-state index contributed by atoms with van der Waals surface area (Å²) in [5.74, 6) is 0.454. The lowest BCUT2D eigenvalue weighted by molar-refractivity contribution is 0.0635. The van der Waals surface area contributed by atoms with Gasteiger partial charge >= 0.3 is 12.1 Å². The van der Waals surface area contributed by atoms with Gasteiger partial charge in [-0.1, -0.05) is 0 Å². The largest absolute Gasteiger partial charge is 0.495 e. The average Bonchev–Trinajstić information content (AvgIpc) is 2.52. The van der Waals surface area contributed by atoms with Crippen molar-refractivity contribution in [2.45, 2.75) is 39.3 Å². The van der Waals surface area contributed by atoms with Crippen LogP contribution in [0.1, 0.15) is 27.7 Å². The number of ether oxygens (including phenoxy) is 3. The Morgan fingerprint density at radius 1 is 1.19 bits per heavy atom. The van der Waals surface area contributed by atoms with Crippen LogP contribution in [0, 0.1) is 0 Å². The Bertz CT molecular complexity index is 628. The van der Waals surface area contributed by atoms with Crippen LogP contribution in [0.4, 0.5) is 21.0 Å². The molecule has 0 aromatic heterocycles. The van der Waals surface area contributed by atoms with Gasteiger partial charge in [-0.05, 0) is 45.9 Å². The van der Waals surface area contributed by atoms with Crippen LogP contribution in [0.5, 0.6) is 5.75 Å². The summed E-state index contributed by atoms with van der Waals surface area (Å²) in [7, 11) is 4.76. The second-order valence-electron chi connectivity index (χ2n) is 6.89. The van der Waals surface area contributed by atoms with Crippen LogP contribution in [0.25, 0.3) is 0 Å². The molecule has 0 bridgehead atoms. The van der Waals surface area contributed by atoms with Gasteiger partial charge < -0.3 is 24.4 Å². The number of hydrogen-bond donors (Lipinski definition) is 2. The lowest BCUT2D eigenvalue weighted by Crippen LogP contribution is -2.40. The third kappa shape index (κ3) is 6.79. The number of likely N-dealkylation sites (N-methyl/N-ethyl adjacent to an activating group) is 1. The predicted octanol–water partition coefficient (Wildman–Crippen LogP) is 3.54. The normalized spacial score (nSPS) is 12.1. The number of carbonyl (C=O) groups excluding carboxylic acids is 2. The summed E-state index contributed by atoms with van der Waals surface area (Å²) in [6.45, 7) is 7.64. The Hall–Kier alpha value is -2.48. The summed E-state index contributed by atoms with van der Waals surface area (Å²) in [6.07, 6.45) is -0.606. The van der Waals surface area contributed by atoms with E-state index in [1.165, 1.54) is 12.0 Å². The first kappa shape index (κ1) is 21.6. The van der Waals surface area contributed by atoms with Gasteiger partial charge in [-0.25, -0.2) is 9.59 Å². The fourth-order valence-electron chi connectivity index (χ4n) is 2.06. The molecule has 0 unspecified atom stereocenters. The number of nitrogens with one attached hydrogen (secondary N) is 2. The number of anilines is 2. The van der Waals surface area contributed by atoms with Crippen molar-refractivity contribution in [3.63, 3.8) is 0 Å². The average molecular weight is 367 g/mol. The van der Waals surface area contributed by atoms with Crippen LogP contribution in [0.15, 0.2) is 18.2 Å². The molecule has 1 atom stereocenters. The molecule has 0 aliphatic carbocycles. The fraction of sp³-hybridized carbons (Fsp3) is 0.556. The number of amides is 3. The Kier molecular flexibility index (Phi) is 7.70. The van der Waals surface area contributed by atoms with E-state index in [-0.39, 0.29) is 12.1 Å². The molecule has 2 N–H and O–H groups in total. The summed E-state index contributed by atoms with van der Waals surface area (Å²) in [5.41, 5.74) is 0.286. The Labute approximate surface area is 154 Å². The summed E-state index contributed by atoms with van der Waals surface area (Å²) in [5, 5.41) is 5.41. The van der Waals surface area contributed by atoms with Crippen molar-refractivity contribution in [3.8, 4) is 5.75 Å². The third-order valence-electron chi connectivity index (χ3n) is 3.48. The molecule has 1 aromatic rings. The highest BCUT2D eigenvalue weighted by Crippen LogP contribution is 2.28. The van der Waals surface area contributed by atoms with E-state index in [4.69, 9.17) is 14.2 Å². The van der Waals surface area contributed by atoms with E-state index in [9.17, 15) is 9.59 Å². The van der Waals surface area contributed by atoms with Crippen LogP contribution in [0.3, 0.4) is 0 Å². The molecule has 8 heteroatoms. The fourth-order valence-corrected chi connectivity index (χ4v) is 2.06. The van der Waals surface area contributed by atoms with Crippen molar-refractivity contribution < 1.29 is 23.8 Å². The van der Waals surface area contributed by atoms with Gasteiger partial charge in [-0.3, -0.25) is 5.32 Å². The van der Waals surface area contributed by atoms with Crippen LogP contribution < -0.4 is 15.4 Å². The quantitative estimate of drug-likeness (QED) is 0.803. The van der Waals surface area contributed by atoms with Crippen molar-refractivity contribution in [3.05, 3.63) is 18.2 Å². The second kappa shape index (κ2) is 9.28. The third-order valence-corrected chi connectivity index (χ3v) is 3.48. The number of urea groups is 1. The zero-order chi connectivity index (χ0) is 19.9. The van der Waals surface area contributed by atoms with Crippen LogP contribution in [-0.4, -0.2) is 56.5 Å². The summed E-state index contributed by atoms with van der Waals surface area (Å²) in [6, 6.07) is 4.57. The minimum absolute atomic E-state index is 0.0855. The van der Waals surface area contributed by atoms with Gasteiger partial charge in [0.2, 0.25) is 0 Å². The van der Waals surface area contributed by atoms with E-state index in [1.54, 1.807) is 53.1 Å².